The molecule has 0 atom stereocenters. The topological polar surface area (TPSA) is 21.3 Å². The van der Waals surface area contributed by atoms with Crippen molar-refractivity contribution < 1.29 is 4.74 Å². The van der Waals surface area contributed by atoms with E-state index in [2.05, 4.69) is 30.4 Å². The second-order valence-electron chi connectivity index (χ2n) is 4.77. The molecule has 0 aliphatic heterocycles. The standard InChI is InChI=1S/C17H19Cl2NO/c1-2-20-8-7-13-5-3-4-6-14(13)12-21-17-10-15(18)9-16(19)11-17/h3-6,9-11,20H,2,7-8,12H2,1H3. The van der Waals surface area contributed by atoms with Gasteiger partial charge in [-0.15, -0.1) is 0 Å². The van der Waals surface area contributed by atoms with Gasteiger partial charge in [0, 0.05) is 10.0 Å². The van der Waals surface area contributed by atoms with Crippen LogP contribution in [0.2, 0.25) is 10.0 Å². The number of halogens is 2. The SMILES string of the molecule is CCNCCc1ccccc1COc1cc(Cl)cc(Cl)c1. The maximum atomic E-state index is 5.97. The zero-order valence-corrected chi connectivity index (χ0v) is 13.5. The largest absolute Gasteiger partial charge is 0.489 e. The number of ether oxygens (including phenoxy) is 1. The van der Waals surface area contributed by atoms with Gasteiger partial charge in [0.15, 0.2) is 0 Å². The molecule has 2 nitrogen and oxygen atoms in total. The number of likely N-dealkylation sites (N-methyl/N-ethyl adjacent to an activating group) is 1. The van der Waals surface area contributed by atoms with Crippen LogP contribution in [0.5, 0.6) is 5.75 Å². The molecule has 0 saturated carbocycles. The van der Waals surface area contributed by atoms with E-state index in [-0.39, 0.29) is 0 Å². The van der Waals surface area contributed by atoms with Crippen LogP contribution in [0.25, 0.3) is 0 Å². The molecular formula is C17H19Cl2NO. The van der Waals surface area contributed by atoms with Crippen molar-refractivity contribution in [2.24, 2.45) is 0 Å². The Labute approximate surface area is 136 Å². The molecule has 1 N–H and O–H groups in total. The summed E-state index contributed by atoms with van der Waals surface area (Å²) in [7, 11) is 0. The van der Waals surface area contributed by atoms with Gasteiger partial charge >= 0.3 is 0 Å². The van der Waals surface area contributed by atoms with E-state index in [1.807, 2.05) is 6.07 Å². The number of nitrogens with one attached hydrogen (secondary N) is 1. The number of hydrogen-bond acceptors (Lipinski definition) is 2. The van der Waals surface area contributed by atoms with Crippen molar-refractivity contribution in [2.45, 2.75) is 20.0 Å². The molecule has 0 aliphatic carbocycles. The van der Waals surface area contributed by atoms with Gasteiger partial charge in [0.05, 0.1) is 0 Å². The average Bonchev–Trinajstić information content (AvgIpc) is 2.45. The van der Waals surface area contributed by atoms with Crippen molar-refractivity contribution >= 4 is 23.2 Å². The summed E-state index contributed by atoms with van der Waals surface area (Å²) in [6.45, 7) is 4.58. The Kier molecular flexibility index (Phi) is 6.37. The predicted molar refractivity (Wildman–Crippen MR) is 89.5 cm³/mol. The minimum atomic E-state index is 0.513. The molecule has 112 valence electrons. The Morgan fingerprint density at radius 1 is 1.00 bits per heavy atom. The molecule has 0 aliphatic rings. The van der Waals surface area contributed by atoms with Gasteiger partial charge in [0.1, 0.15) is 12.4 Å². The summed E-state index contributed by atoms with van der Waals surface area (Å²) in [6, 6.07) is 13.6. The Morgan fingerprint density at radius 2 is 1.67 bits per heavy atom. The molecule has 2 aromatic carbocycles. The van der Waals surface area contributed by atoms with Gasteiger partial charge in [0.25, 0.3) is 0 Å². The Morgan fingerprint density at radius 3 is 2.33 bits per heavy atom. The first-order chi connectivity index (χ1) is 10.2. The summed E-state index contributed by atoms with van der Waals surface area (Å²) in [5.74, 6) is 0.689. The molecule has 2 aromatic rings. The van der Waals surface area contributed by atoms with Gasteiger partial charge in [-0.25, -0.2) is 0 Å². The van der Waals surface area contributed by atoms with E-state index in [0.717, 1.165) is 19.5 Å². The highest BCUT2D eigenvalue weighted by Crippen LogP contribution is 2.25. The Balaban J connectivity index is 2.02. The third-order valence-corrected chi connectivity index (χ3v) is 3.61. The van der Waals surface area contributed by atoms with E-state index in [1.165, 1.54) is 11.1 Å². The molecule has 21 heavy (non-hydrogen) atoms. The van der Waals surface area contributed by atoms with E-state index in [4.69, 9.17) is 27.9 Å². The predicted octanol–water partition coefficient (Wildman–Crippen LogP) is 4.72. The Hall–Kier alpha value is -1.22. The molecule has 4 heteroatoms. The van der Waals surface area contributed by atoms with Gasteiger partial charge in [-0.1, -0.05) is 54.4 Å². The molecule has 0 amide bonds. The second-order valence-corrected chi connectivity index (χ2v) is 5.64. The maximum absolute atomic E-state index is 5.97. The van der Waals surface area contributed by atoms with Crippen molar-refractivity contribution in [3.8, 4) is 5.75 Å². The van der Waals surface area contributed by atoms with Crippen LogP contribution in [-0.2, 0) is 13.0 Å². The van der Waals surface area contributed by atoms with Gasteiger partial charge in [0.2, 0.25) is 0 Å². The highest BCUT2D eigenvalue weighted by Gasteiger charge is 2.04. The van der Waals surface area contributed by atoms with Crippen molar-refractivity contribution in [1.29, 1.82) is 0 Å². The molecule has 2 rings (SSSR count). The second kappa shape index (κ2) is 8.28. The first kappa shape index (κ1) is 16.2. The molecule has 0 fully saturated rings. The third kappa shape index (κ3) is 5.24. The molecule has 0 aromatic heterocycles. The number of rotatable bonds is 7. The lowest BCUT2D eigenvalue weighted by Crippen LogP contribution is -2.17. The van der Waals surface area contributed by atoms with E-state index in [1.54, 1.807) is 18.2 Å². The summed E-state index contributed by atoms with van der Waals surface area (Å²) in [5.41, 5.74) is 2.48. The van der Waals surface area contributed by atoms with E-state index < -0.39 is 0 Å². The van der Waals surface area contributed by atoms with Gasteiger partial charge < -0.3 is 10.1 Å². The number of benzene rings is 2. The summed E-state index contributed by atoms with van der Waals surface area (Å²) in [4.78, 5) is 0. The van der Waals surface area contributed by atoms with Crippen LogP contribution in [0.4, 0.5) is 0 Å². The van der Waals surface area contributed by atoms with Crippen LogP contribution in [-0.4, -0.2) is 13.1 Å². The molecule has 0 bridgehead atoms. The van der Waals surface area contributed by atoms with Gasteiger partial charge in [-0.2, -0.15) is 0 Å². The monoisotopic (exact) mass is 323 g/mol. The van der Waals surface area contributed by atoms with Crippen molar-refractivity contribution in [2.75, 3.05) is 13.1 Å². The third-order valence-electron chi connectivity index (χ3n) is 3.17. The summed E-state index contributed by atoms with van der Waals surface area (Å²) < 4.78 is 5.81. The van der Waals surface area contributed by atoms with Gasteiger partial charge in [-0.3, -0.25) is 0 Å². The summed E-state index contributed by atoms with van der Waals surface area (Å²) in [6.07, 6.45) is 0.990. The first-order valence-corrected chi connectivity index (χ1v) is 7.81. The van der Waals surface area contributed by atoms with Crippen LogP contribution in [0.3, 0.4) is 0 Å². The van der Waals surface area contributed by atoms with Crippen LogP contribution in [0, 0.1) is 0 Å². The van der Waals surface area contributed by atoms with Crippen molar-refractivity contribution in [1.82, 2.24) is 5.32 Å². The first-order valence-electron chi connectivity index (χ1n) is 7.05. The van der Waals surface area contributed by atoms with E-state index >= 15 is 0 Å². The Bertz CT molecular complexity index is 567. The summed E-state index contributed by atoms with van der Waals surface area (Å²) >= 11 is 11.9. The summed E-state index contributed by atoms with van der Waals surface area (Å²) in [5, 5.41) is 4.50. The zero-order chi connectivity index (χ0) is 15.1. The molecule has 0 spiro atoms. The normalized spacial score (nSPS) is 10.6. The lowest BCUT2D eigenvalue weighted by molar-refractivity contribution is 0.305. The molecule has 0 saturated heterocycles. The molecule has 0 unspecified atom stereocenters. The highest BCUT2D eigenvalue weighted by atomic mass is 35.5. The highest BCUT2D eigenvalue weighted by molar-refractivity contribution is 6.34. The van der Waals surface area contributed by atoms with E-state index in [9.17, 15) is 0 Å². The zero-order valence-electron chi connectivity index (χ0n) is 12.0. The van der Waals surface area contributed by atoms with Crippen molar-refractivity contribution in [3.63, 3.8) is 0 Å². The number of hydrogen-bond donors (Lipinski definition) is 1. The van der Waals surface area contributed by atoms with Crippen LogP contribution in [0.1, 0.15) is 18.1 Å². The lowest BCUT2D eigenvalue weighted by atomic mass is 10.1. The van der Waals surface area contributed by atoms with Crippen LogP contribution in [0.15, 0.2) is 42.5 Å². The fourth-order valence-corrected chi connectivity index (χ4v) is 2.62. The maximum Gasteiger partial charge on any atom is 0.122 e. The lowest BCUT2D eigenvalue weighted by Gasteiger charge is -2.12. The quantitative estimate of drug-likeness (QED) is 0.744. The fourth-order valence-electron chi connectivity index (χ4n) is 2.11. The van der Waals surface area contributed by atoms with Gasteiger partial charge in [-0.05, 0) is 48.8 Å². The average molecular weight is 324 g/mol. The van der Waals surface area contributed by atoms with E-state index in [0.29, 0.717) is 22.4 Å². The molecular weight excluding hydrogens is 305 g/mol. The smallest absolute Gasteiger partial charge is 0.122 e. The van der Waals surface area contributed by atoms with Crippen LogP contribution >= 0.6 is 23.2 Å². The van der Waals surface area contributed by atoms with Crippen molar-refractivity contribution in [3.05, 3.63) is 63.6 Å². The minimum Gasteiger partial charge on any atom is -0.489 e. The van der Waals surface area contributed by atoms with Crippen LogP contribution < -0.4 is 10.1 Å². The minimum absolute atomic E-state index is 0.513. The fraction of sp³-hybridized carbons (Fsp3) is 0.294. The molecule has 0 heterocycles. The molecule has 0 radical (unpaired) electrons.